The molecule has 0 atom stereocenters. The molecule has 1 N–H and O–H groups in total. The van der Waals surface area contributed by atoms with Crippen LogP contribution in [-0.4, -0.2) is 33.4 Å². The highest BCUT2D eigenvalue weighted by molar-refractivity contribution is 6.07. The number of carbonyl (C=O) groups excluding carboxylic acids is 2. The van der Waals surface area contributed by atoms with Gasteiger partial charge in [0.2, 0.25) is 0 Å². The van der Waals surface area contributed by atoms with Crippen LogP contribution in [0.1, 0.15) is 51.9 Å². The Morgan fingerprint density at radius 2 is 2.17 bits per heavy atom. The molecular formula is C15H18N4O4. The van der Waals surface area contributed by atoms with Crippen LogP contribution in [0.25, 0.3) is 0 Å². The number of esters is 1. The Balaban J connectivity index is 1.85. The Kier molecular flexibility index (Phi) is 4.14. The number of aromatic nitrogens is 3. The van der Waals surface area contributed by atoms with Gasteiger partial charge in [-0.1, -0.05) is 5.16 Å². The van der Waals surface area contributed by atoms with Crippen molar-refractivity contribution in [3.8, 4) is 0 Å². The molecule has 0 aliphatic heterocycles. The van der Waals surface area contributed by atoms with Crippen molar-refractivity contribution in [2.24, 2.45) is 7.05 Å². The molecule has 1 amide bonds. The summed E-state index contributed by atoms with van der Waals surface area (Å²) < 4.78 is 11.6. The van der Waals surface area contributed by atoms with Gasteiger partial charge in [-0.3, -0.25) is 9.48 Å². The van der Waals surface area contributed by atoms with Crippen LogP contribution < -0.4 is 5.32 Å². The number of ether oxygens (including phenoxy) is 1. The molecule has 0 spiro atoms. The maximum absolute atomic E-state index is 12.5. The van der Waals surface area contributed by atoms with Crippen molar-refractivity contribution in [1.82, 2.24) is 14.9 Å². The molecule has 2 heterocycles. The Morgan fingerprint density at radius 1 is 1.39 bits per heavy atom. The van der Waals surface area contributed by atoms with Crippen molar-refractivity contribution >= 4 is 17.7 Å². The van der Waals surface area contributed by atoms with E-state index in [1.807, 2.05) is 0 Å². The zero-order chi connectivity index (χ0) is 16.4. The van der Waals surface area contributed by atoms with E-state index in [1.54, 1.807) is 14.0 Å². The maximum Gasteiger partial charge on any atom is 0.343 e. The minimum Gasteiger partial charge on any atom is -0.462 e. The normalized spacial score (nSPS) is 13.5. The minimum absolute atomic E-state index is 0.208. The summed E-state index contributed by atoms with van der Waals surface area (Å²) in [5.74, 6) is 0.113. The van der Waals surface area contributed by atoms with Gasteiger partial charge in [0.05, 0.1) is 12.8 Å². The molecule has 3 rings (SSSR count). The molecule has 0 unspecified atom stereocenters. The molecule has 0 fully saturated rings. The van der Waals surface area contributed by atoms with Crippen molar-refractivity contribution in [3.05, 3.63) is 28.8 Å². The molecule has 0 bridgehead atoms. The highest BCUT2D eigenvalue weighted by Crippen LogP contribution is 2.25. The lowest BCUT2D eigenvalue weighted by Crippen LogP contribution is -2.19. The lowest BCUT2D eigenvalue weighted by molar-refractivity contribution is 0.0527. The second kappa shape index (κ2) is 6.23. The highest BCUT2D eigenvalue weighted by atomic mass is 16.5. The standard InChI is InChI=1S/C15H18N4O4/c1-3-22-15(21)10-8-16-19(2)13(10)17-14(20)12-9-6-4-5-7-11(9)23-18-12/h8H,3-7H2,1-2H3,(H,17,20). The van der Waals surface area contributed by atoms with E-state index in [1.165, 1.54) is 10.9 Å². The van der Waals surface area contributed by atoms with Crippen LogP contribution in [0.4, 0.5) is 5.82 Å². The number of hydrogen-bond acceptors (Lipinski definition) is 6. The Hall–Kier alpha value is -2.64. The highest BCUT2D eigenvalue weighted by Gasteiger charge is 2.26. The summed E-state index contributed by atoms with van der Waals surface area (Å²) in [6.07, 6.45) is 4.99. The van der Waals surface area contributed by atoms with Gasteiger partial charge in [-0.15, -0.1) is 0 Å². The molecule has 8 heteroatoms. The smallest absolute Gasteiger partial charge is 0.343 e. The zero-order valence-corrected chi connectivity index (χ0v) is 13.1. The predicted molar refractivity (Wildman–Crippen MR) is 80.3 cm³/mol. The summed E-state index contributed by atoms with van der Waals surface area (Å²) >= 11 is 0. The fourth-order valence-electron chi connectivity index (χ4n) is 2.67. The first-order valence-corrected chi connectivity index (χ1v) is 7.59. The largest absolute Gasteiger partial charge is 0.462 e. The van der Waals surface area contributed by atoms with E-state index in [-0.39, 0.29) is 23.7 Å². The number of nitrogens with one attached hydrogen (secondary N) is 1. The molecule has 8 nitrogen and oxygen atoms in total. The molecule has 122 valence electrons. The lowest BCUT2D eigenvalue weighted by atomic mass is 9.96. The van der Waals surface area contributed by atoms with Crippen LogP contribution in [0.3, 0.4) is 0 Å². The Morgan fingerprint density at radius 3 is 2.96 bits per heavy atom. The van der Waals surface area contributed by atoms with E-state index >= 15 is 0 Å². The third-order valence-electron chi connectivity index (χ3n) is 3.83. The summed E-state index contributed by atoms with van der Waals surface area (Å²) in [4.78, 5) is 24.4. The average molecular weight is 318 g/mol. The predicted octanol–water partition coefficient (Wildman–Crippen LogP) is 1.72. The number of anilines is 1. The van der Waals surface area contributed by atoms with Gasteiger partial charge in [0.1, 0.15) is 17.1 Å². The molecular weight excluding hydrogens is 300 g/mol. The Bertz CT molecular complexity index is 747. The first-order chi connectivity index (χ1) is 11.1. The molecule has 0 aromatic carbocycles. The van der Waals surface area contributed by atoms with E-state index in [4.69, 9.17) is 9.26 Å². The van der Waals surface area contributed by atoms with Crippen molar-refractivity contribution in [2.45, 2.75) is 32.6 Å². The molecule has 23 heavy (non-hydrogen) atoms. The van der Waals surface area contributed by atoms with E-state index in [0.29, 0.717) is 0 Å². The van der Waals surface area contributed by atoms with Crippen molar-refractivity contribution < 1.29 is 18.8 Å². The van der Waals surface area contributed by atoms with Crippen molar-refractivity contribution in [2.75, 3.05) is 11.9 Å². The second-order valence-corrected chi connectivity index (χ2v) is 5.35. The average Bonchev–Trinajstić information content (AvgIpc) is 3.12. The Labute approximate surface area is 132 Å². The monoisotopic (exact) mass is 318 g/mol. The molecule has 0 radical (unpaired) electrons. The summed E-state index contributed by atoms with van der Waals surface area (Å²) in [6.45, 7) is 1.96. The topological polar surface area (TPSA) is 99.2 Å². The van der Waals surface area contributed by atoms with Crippen molar-refractivity contribution in [3.63, 3.8) is 0 Å². The van der Waals surface area contributed by atoms with Crippen LogP contribution in [0, 0.1) is 0 Å². The number of carbonyl (C=O) groups is 2. The molecule has 2 aromatic heterocycles. The van der Waals surface area contributed by atoms with E-state index in [0.717, 1.165) is 37.0 Å². The van der Waals surface area contributed by atoms with Crippen molar-refractivity contribution in [1.29, 1.82) is 0 Å². The van der Waals surface area contributed by atoms with Crippen LogP contribution in [0.5, 0.6) is 0 Å². The summed E-state index contributed by atoms with van der Waals surface area (Å²) in [5, 5.41) is 10.6. The number of nitrogens with zero attached hydrogens (tertiary/aromatic N) is 3. The summed E-state index contributed by atoms with van der Waals surface area (Å²) in [6, 6.07) is 0. The third-order valence-corrected chi connectivity index (χ3v) is 3.83. The maximum atomic E-state index is 12.5. The lowest BCUT2D eigenvalue weighted by Gasteiger charge is -2.10. The molecule has 1 aliphatic rings. The van der Waals surface area contributed by atoms with E-state index in [9.17, 15) is 9.59 Å². The summed E-state index contributed by atoms with van der Waals surface area (Å²) in [5.41, 5.74) is 1.34. The fraction of sp³-hybridized carbons (Fsp3) is 0.467. The quantitative estimate of drug-likeness (QED) is 0.862. The summed E-state index contributed by atoms with van der Waals surface area (Å²) in [7, 11) is 1.64. The first kappa shape index (κ1) is 15.3. The number of hydrogen-bond donors (Lipinski definition) is 1. The van der Waals surface area contributed by atoms with Crippen LogP contribution in [0.15, 0.2) is 10.7 Å². The number of rotatable bonds is 4. The molecule has 0 saturated heterocycles. The van der Waals surface area contributed by atoms with Gasteiger partial charge in [0.25, 0.3) is 5.91 Å². The van der Waals surface area contributed by atoms with Crippen LogP contribution in [-0.2, 0) is 24.6 Å². The van der Waals surface area contributed by atoms with E-state index < -0.39 is 11.9 Å². The molecule has 0 saturated carbocycles. The van der Waals surface area contributed by atoms with Gasteiger partial charge in [0, 0.05) is 19.0 Å². The van der Waals surface area contributed by atoms with Gasteiger partial charge >= 0.3 is 5.97 Å². The van der Waals surface area contributed by atoms with Gasteiger partial charge in [-0.05, 0) is 26.2 Å². The SMILES string of the molecule is CCOC(=O)c1cnn(C)c1NC(=O)c1noc2c1CCCC2. The zero-order valence-electron chi connectivity index (χ0n) is 13.1. The van der Waals surface area contributed by atoms with Crippen LogP contribution >= 0.6 is 0 Å². The van der Waals surface area contributed by atoms with Gasteiger partial charge in [-0.2, -0.15) is 5.10 Å². The molecule has 1 aliphatic carbocycles. The van der Waals surface area contributed by atoms with Crippen LogP contribution in [0.2, 0.25) is 0 Å². The van der Waals surface area contributed by atoms with Gasteiger partial charge < -0.3 is 14.6 Å². The van der Waals surface area contributed by atoms with E-state index in [2.05, 4.69) is 15.6 Å². The number of fused-ring (bicyclic) bond motifs is 1. The first-order valence-electron chi connectivity index (χ1n) is 7.59. The molecule has 2 aromatic rings. The number of amides is 1. The fourth-order valence-corrected chi connectivity index (χ4v) is 2.67. The van der Waals surface area contributed by atoms with Gasteiger partial charge in [0.15, 0.2) is 5.69 Å². The van der Waals surface area contributed by atoms with Gasteiger partial charge in [-0.25, -0.2) is 4.79 Å². The minimum atomic E-state index is -0.530. The number of aryl methyl sites for hydroxylation is 2. The second-order valence-electron chi connectivity index (χ2n) is 5.35. The third kappa shape index (κ3) is 2.84.